The van der Waals surface area contributed by atoms with Gasteiger partial charge in [0.1, 0.15) is 5.69 Å². The summed E-state index contributed by atoms with van der Waals surface area (Å²) in [5.41, 5.74) is 1.32. The Morgan fingerprint density at radius 3 is 2.65 bits per heavy atom. The molecule has 7 nitrogen and oxygen atoms in total. The first-order valence-corrected chi connectivity index (χ1v) is 7.48. The highest BCUT2D eigenvalue weighted by atomic mass is 35.5. The van der Waals surface area contributed by atoms with Crippen molar-refractivity contribution in [2.75, 3.05) is 5.32 Å². The number of nitro groups is 1. The molecular formula is C14H14Cl2N4O3. The van der Waals surface area contributed by atoms with E-state index in [1.54, 1.807) is 11.6 Å². The van der Waals surface area contributed by atoms with E-state index in [0.29, 0.717) is 17.3 Å². The molecule has 0 spiro atoms. The van der Waals surface area contributed by atoms with Crippen LogP contribution in [0.25, 0.3) is 0 Å². The van der Waals surface area contributed by atoms with Gasteiger partial charge in [0.25, 0.3) is 5.69 Å². The quantitative estimate of drug-likeness (QED) is 0.652. The molecule has 2 aromatic rings. The number of aromatic nitrogens is 2. The van der Waals surface area contributed by atoms with Crippen LogP contribution in [0.1, 0.15) is 17.8 Å². The third-order valence-corrected chi connectivity index (χ3v) is 4.06. The molecule has 122 valence electrons. The van der Waals surface area contributed by atoms with Crippen molar-refractivity contribution in [1.29, 1.82) is 0 Å². The van der Waals surface area contributed by atoms with E-state index in [0.717, 1.165) is 5.69 Å². The molecule has 23 heavy (non-hydrogen) atoms. The molecule has 1 aromatic heterocycles. The molecule has 1 heterocycles. The van der Waals surface area contributed by atoms with E-state index in [4.69, 9.17) is 23.2 Å². The number of nitrogens with one attached hydrogen (secondary N) is 1. The molecule has 0 saturated heterocycles. The molecule has 0 radical (unpaired) electrons. The van der Waals surface area contributed by atoms with Crippen LogP contribution in [0.5, 0.6) is 0 Å². The number of anilines is 1. The van der Waals surface area contributed by atoms with E-state index in [1.807, 2.05) is 6.92 Å². The third-order valence-electron chi connectivity index (χ3n) is 3.27. The van der Waals surface area contributed by atoms with E-state index < -0.39 is 4.92 Å². The van der Waals surface area contributed by atoms with E-state index in [9.17, 15) is 14.9 Å². The molecule has 0 bridgehead atoms. The van der Waals surface area contributed by atoms with Crippen molar-refractivity contribution in [2.24, 2.45) is 0 Å². The van der Waals surface area contributed by atoms with Gasteiger partial charge in [0.15, 0.2) is 0 Å². The lowest BCUT2D eigenvalue weighted by Gasteiger charge is -2.07. The molecule has 1 aromatic carbocycles. The Balaban J connectivity index is 2.05. The first-order valence-electron chi connectivity index (χ1n) is 6.73. The maximum atomic E-state index is 12.0. The fourth-order valence-corrected chi connectivity index (χ4v) is 2.38. The maximum Gasteiger partial charge on any atom is 0.294 e. The van der Waals surface area contributed by atoms with Crippen LogP contribution in [-0.4, -0.2) is 20.6 Å². The van der Waals surface area contributed by atoms with Gasteiger partial charge in [-0.3, -0.25) is 19.6 Å². The van der Waals surface area contributed by atoms with Crippen molar-refractivity contribution in [1.82, 2.24) is 9.78 Å². The van der Waals surface area contributed by atoms with Gasteiger partial charge in [0, 0.05) is 17.5 Å². The number of benzene rings is 1. The van der Waals surface area contributed by atoms with Crippen LogP contribution in [0.2, 0.25) is 10.0 Å². The van der Waals surface area contributed by atoms with Crippen molar-refractivity contribution in [2.45, 2.75) is 26.8 Å². The van der Waals surface area contributed by atoms with Crippen LogP contribution in [0, 0.1) is 24.0 Å². The number of halogens is 2. The zero-order valence-corrected chi connectivity index (χ0v) is 14.0. The second-order valence-corrected chi connectivity index (χ2v) is 5.74. The summed E-state index contributed by atoms with van der Waals surface area (Å²) >= 11 is 11.8. The van der Waals surface area contributed by atoms with Crippen molar-refractivity contribution in [3.63, 3.8) is 0 Å². The summed E-state index contributed by atoms with van der Waals surface area (Å²) < 4.78 is 1.63. The Morgan fingerprint density at radius 2 is 2.09 bits per heavy atom. The average Bonchev–Trinajstić information content (AvgIpc) is 2.74. The third kappa shape index (κ3) is 4.00. The number of rotatable bonds is 5. The molecule has 0 saturated carbocycles. The Hall–Kier alpha value is -2.12. The van der Waals surface area contributed by atoms with Crippen LogP contribution in [-0.2, 0) is 11.3 Å². The van der Waals surface area contributed by atoms with E-state index in [2.05, 4.69) is 10.4 Å². The summed E-state index contributed by atoms with van der Waals surface area (Å²) in [6, 6.07) is 4.07. The number of hydrogen-bond acceptors (Lipinski definition) is 4. The van der Waals surface area contributed by atoms with E-state index in [1.165, 1.54) is 18.2 Å². The SMILES string of the molecule is Cc1nn(CCC(=O)Nc2ccc(Cl)cc2[N+](=O)[O-])c(C)c1Cl. The predicted octanol–water partition coefficient (Wildman–Crippen LogP) is 3.74. The molecule has 0 atom stereocenters. The fourth-order valence-electron chi connectivity index (χ4n) is 2.07. The van der Waals surface area contributed by atoms with Gasteiger partial charge in [0.2, 0.25) is 5.91 Å². The van der Waals surface area contributed by atoms with Crippen molar-refractivity contribution >= 4 is 40.5 Å². The molecule has 0 aliphatic heterocycles. The lowest BCUT2D eigenvalue weighted by atomic mass is 10.2. The molecule has 0 unspecified atom stereocenters. The molecule has 2 rings (SSSR count). The first-order chi connectivity index (χ1) is 10.8. The molecular weight excluding hydrogens is 343 g/mol. The van der Waals surface area contributed by atoms with Crippen molar-refractivity contribution in [3.05, 3.63) is 49.7 Å². The smallest absolute Gasteiger partial charge is 0.294 e. The zero-order chi connectivity index (χ0) is 17.1. The summed E-state index contributed by atoms with van der Waals surface area (Å²) in [5, 5.41) is 18.5. The summed E-state index contributed by atoms with van der Waals surface area (Å²) in [6.45, 7) is 3.92. The number of carbonyl (C=O) groups is 1. The zero-order valence-electron chi connectivity index (χ0n) is 12.5. The van der Waals surface area contributed by atoms with Gasteiger partial charge in [-0.05, 0) is 26.0 Å². The highest BCUT2D eigenvalue weighted by Crippen LogP contribution is 2.28. The highest BCUT2D eigenvalue weighted by molar-refractivity contribution is 6.31. The maximum absolute atomic E-state index is 12.0. The summed E-state index contributed by atoms with van der Waals surface area (Å²) in [7, 11) is 0. The second kappa shape index (κ2) is 6.97. The molecule has 0 aliphatic rings. The Morgan fingerprint density at radius 1 is 1.39 bits per heavy atom. The average molecular weight is 357 g/mol. The van der Waals surface area contributed by atoms with Crippen LogP contribution in [0.15, 0.2) is 18.2 Å². The van der Waals surface area contributed by atoms with Crippen molar-refractivity contribution in [3.8, 4) is 0 Å². The fraction of sp³-hybridized carbons (Fsp3) is 0.286. The lowest BCUT2D eigenvalue weighted by molar-refractivity contribution is -0.383. The largest absolute Gasteiger partial charge is 0.320 e. The molecule has 0 aliphatic carbocycles. The predicted molar refractivity (Wildman–Crippen MR) is 88.1 cm³/mol. The van der Waals surface area contributed by atoms with Gasteiger partial charge < -0.3 is 5.32 Å². The number of nitrogens with zero attached hydrogens (tertiary/aromatic N) is 3. The van der Waals surface area contributed by atoms with Gasteiger partial charge in [-0.2, -0.15) is 5.10 Å². The van der Waals surface area contributed by atoms with E-state index >= 15 is 0 Å². The minimum Gasteiger partial charge on any atom is -0.320 e. The molecule has 1 amide bonds. The number of carbonyl (C=O) groups excluding carboxylic acids is 1. The van der Waals surface area contributed by atoms with Crippen LogP contribution < -0.4 is 5.32 Å². The van der Waals surface area contributed by atoms with Crippen LogP contribution >= 0.6 is 23.2 Å². The van der Waals surface area contributed by atoms with Gasteiger partial charge in [-0.1, -0.05) is 23.2 Å². The summed E-state index contributed by atoms with van der Waals surface area (Å²) in [4.78, 5) is 22.4. The van der Waals surface area contributed by atoms with Crippen LogP contribution in [0.4, 0.5) is 11.4 Å². The van der Waals surface area contributed by atoms with Gasteiger partial charge >= 0.3 is 0 Å². The number of nitro benzene ring substituents is 1. The standard InChI is InChI=1S/C14H14Cl2N4O3/c1-8-14(16)9(2)19(18-8)6-5-13(21)17-11-4-3-10(15)7-12(11)20(22)23/h3-4,7H,5-6H2,1-2H3,(H,17,21). The normalized spacial score (nSPS) is 10.6. The highest BCUT2D eigenvalue weighted by Gasteiger charge is 2.17. The van der Waals surface area contributed by atoms with E-state index in [-0.39, 0.29) is 28.7 Å². The Kier molecular flexibility index (Phi) is 5.23. The number of aryl methyl sites for hydroxylation is 2. The Labute approximate surface area is 142 Å². The lowest BCUT2D eigenvalue weighted by Crippen LogP contribution is -2.16. The first kappa shape index (κ1) is 17.2. The van der Waals surface area contributed by atoms with Crippen LogP contribution in [0.3, 0.4) is 0 Å². The summed E-state index contributed by atoms with van der Waals surface area (Å²) in [5.74, 6) is -0.362. The molecule has 9 heteroatoms. The molecule has 0 fully saturated rings. The Bertz CT molecular complexity index is 774. The summed E-state index contributed by atoms with van der Waals surface area (Å²) in [6.07, 6.45) is 0.109. The van der Waals surface area contributed by atoms with Gasteiger partial charge in [0.05, 0.1) is 27.9 Å². The van der Waals surface area contributed by atoms with Gasteiger partial charge in [-0.15, -0.1) is 0 Å². The minimum atomic E-state index is -0.595. The minimum absolute atomic E-state index is 0.107. The van der Waals surface area contributed by atoms with Gasteiger partial charge in [-0.25, -0.2) is 0 Å². The molecule has 1 N–H and O–H groups in total. The second-order valence-electron chi connectivity index (χ2n) is 4.92. The number of amides is 1. The monoisotopic (exact) mass is 356 g/mol. The topological polar surface area (TPSA) is 90.1 Å². The van der Waals surface area contributed by atoms with Crippen molar-refractivity contribution < 1.29 is 9.72 Å². The number of hydrogen-bond donors (Lipinski definition) is 1.